The van der Waals surface area contributed by atoms with Crippen molar-refractivity contribution < 1.29 is 18.6 Å². The molecule has 0 nitrogen and oxygen atoms in total. The first kappa shape index (κ1) is 24.2. The Morgan fingerprint density at radius 1 is 0.789 bits per heavy atom. The van der Waals surface area contributed by atoms with E-state index >= 15 is 0 Å². The fourth-order valence-electron chi connectivity index (χ4n) is 1.64. The fraction of sp³-hybridized carbons (Fsp3) is 0.500. The van der Waals surface area contributed by atoms with Crippen molar-refractivity contribution in [1.82, 2.24) is 0 Å². The quantitative estimate of drug-likeness (QED) is 0.583. The largest absolute Gasteiger partial charge is 2.00 e. The molecule has 0 aromatic rings. The summed E-state index contributed by atoms with van der Waals surface area (Å²) in [7, 11) is 0. The van der Waals surface area contributed by atoms with Crippen molar-refractivity contribution in [3.8, 4) is 0 Å². The topological polar surface area (TPSA) is 0 Å². The summed E-state index contributed by atoms with van der Waals surface area (Å²) in [5, 5.41) is 0. The molecule has 3 heteroatoms. The van der Waals surface area contributed by atoms with Crippen molar-refractivity contribution in [3.05, 3.63) is 47.6 Å². The first-order valence-corrected chi connectivity index (χ1v) is 6.15. The van der Waals surface area contributed by atoms with Crippen molar-refractivity contribution in [2.75, 3.05) is 0 Å². The Bertz CT molecular complexity index is 303. The Morgan fingerprint density at radius 3 is 1.21 bits per heavy atom. The van der Waals surface area contributed by atoms with Crippen molar-refractivity contribution in [2.45, 2.75) is 40.5 Å². The summed E-state index contributed by atoms with van der Waals surface area (Å²) in [6.45, 7) is 8.77. The van der Waals surface area contributed by atoms with Gasteiger partial charge in [0.1, 0.15) is 0 Å². The third-order valence-electron chi connectivity index (χ3n) is 2.69. The van der Waals surface area contributed by atoms with Crippen molar-refractivity contribution in [3.63, 3.8) is 0 Å². The molecule has 2 aliphatic rings. The first-order valence-electron chi connectivity index (χ1n) is 6.15. The van der Waals surface area contributed by atoms with E-state index in [1.165, 1.54) is 11.1 Å². The maximum Gasteiger partial charge on any atom is 2.00 e. The van der Waals surface area contributed by atoms with Gasteiger partial charge in [-0.05, 0) is 0 Å². The third-order valence-corrected chi connectivity index (χ3v) is 2.69. The molecule has 0 saturated carbocycles. The van der Waals surface area contributed by atoms with Gasteiger partial charge in [-0.3, -0.25) is 12.2 Å². The van der Waals surface area contributed by atoms with Gasteiger partial charge in [0.05, 0.1) is 0 Å². The number of halogens is 2. The van der Waals surface area contributed by atoms with Crippen LogP contribution in [0.1, 0.15) is 40.5 Å². The number of rotatable bonds is 2. The maximum absolute atomic E-state index is 3.26. The molecule has 19 heavy (non-hydrogen) atoms. The van der Waals surface area contributed by atoms with Crippen molar-refractivity contribution in [2.24, 2.45) is 11.8 Å². The second-order valence-corrected chi connectivity index (χ2v) is 4.79. The second-order valence-electron chi connectivity index (χ2n) is 4.79. The maximum atomic E-state index is 3.26. The molecule has 0 saturated heterocycles. The van der Waals surface area contributed by atoms with Crippen LogP contribution in [0.5, 0.6) is 0 Å². The van der Waals surface area contributed by atoms with E-state index in [0.717, 1.165) is 12.8 Å². The van der Waals surface area contributed by atoms with Crippen LogP contribution in [0.3, 0.4) is 0 Å². The molecule has 0 aliphatic heterocycles. The fourth-order valence-corrected chi connectivity index (χ4v) is 1.64. The van der Waals surface area contributed by atoms with Gasteiger partial charge in [0, 0.05) is 0 Å². The van der Waals surface area contributed by atoms with E-state index in [1.54, 1.807) is 0 Å². The number of allylic oxidation sites excluding steroid dienone is 8. The van der Waals surface area contributed by atoms with E-state index in [9.17, 15) is 0 Å². The summed E-state index contributed by atoms with van der Waals surface area (Å²) in [5.74, 6) is 1.32. The SMILES string of the molecule is CC(C)C1=[C-]CC=C1.CC(C)C1=[C-]CC=C1.Cl.Cl.[V+2]. The van der Waals surface area contributed by atoms with Gasteiger partial charge in [0.2, 0.25) is 0 Å². The molecule has 0 aromatic heterocycles. The molecular formula is C16H24Cl2V. The van der Waals surface area contributed by atoms with Gasteiger partial charge >= 0.3 is 18.6 Å². The molecule has 2 aliphatic carbocycles. The zero-order valence-electron chi connectivity index (χ0n) is 12.1. The monoisotopic (exact) mass is 337 g/mol. The smallest absolute Gasteiger partial charge is 0.269 e. The molecule has 2 rings (SSSR count). The summed E-state index contributed by atoms with van der Waals surface area (Å²) >= 11 is 0. The van der Waals surface area contributed by atoms with Crippen LogP contribution < -0.4 is 0 Å². The molecule has 0 N–H and O–H groups in total. The second kappa shape index (κ2) is 13.1. The Kier molecular flexibility index (Phi) is 16.7. The molecule has 0 heterocycles. The minimum absolute atomic E-state index is 0. The molecule has 0 atom stereocenters. The summed E-state index contributed by atoms with van der Waals surface area (Å²) in [5.41, 5.74) is 2.73. The van der Waals surface area contributed by atoms with E-state index in [0.29, 0.717) is 11.8 Å². The van der Waals surface area contributed by atoms with E-state index in [1.807, 2.05) is 0 Å². The molecule has 0 amide bonds. The van der Waals surface area contributed by atoms with E-state index in [4.69, 9.17) is 0 Å². The molecule has 107 valence electrons. The average Bonchev–Trinajstić information content (AvgIpc) is 2.93. The van der Waals surface area contributed by atoms with Crippen LogP contribution in [0.25, 0.3) is 0 Å². The summed E-state index contributed by atoms with van der Waals surface area (Å²) in [6.07, 6.45) is 17.2. The van der Waals surface area contributed by atoms with Crippen LogP contribution in [0.2, 0.25) is 0 Å². The van der Waals surface area contributed by atoms with Crippen molar-refractivity contribution in [1.29, 1.82) is 0 Å². The average molecular weight is 338 g/mol. The zero-order valence-corrected chi connectivity index (χ0v) is 15.2. The van der Waals surface area contributed by atoms with Gasteiger partial charge in [-0.15, -0.1) is 37.7 Å². The Labute approximate surface area is 143 Å². The van der Waals surface area contributed by atoms with Gasteiger partial charge in [0.25, 0.3) is 0 Å². The van der Waals surface area contributed by atoms with Crippen LogP contribution in [0, 0.1) is 24.0 Å². The summed E-state index contributed by atoms with van der Waals surface area (Å²) < 4.78 is 0. The predicted octanol–water partition coefficient (Wildman–Crippen LogP) is 5.50. The van der Waals surface area contributed by atoms with Gasteiger partial charge in [-0.2, -0.15) is 12.2 Å². The van der Waals surface area contributed by atoms with E-state index in [2.05, 4.69) is 64.2 Å². The van der Waals surface area contributed by atoms with Crippen LogP contribution in [-0.4, -0.2) is 0 Å². The molecule has 0 fully saturated rings. The predicted molar refractivity (Wildman–Crippen MR) is 85.2 cm³/mol. The molecule has 1 radical (unpaired) electrons. The molecule has 0 spiro atoms. The Morgan fingerprint density at radius 2 is 1.11 bits per heavy atom. The molecular weight excluding hydrogens is 314 g/mol. The standard InChI is InChI=1S/2C8H11.2ClH.V/c2*1-7(2)8-5-3-4-6-8;;;/h2*3,5,7H,4H2,1-2H3;2*1H;/q2*-1;;;+2. The third kappa shape index (κ3) is 9.63. The molecule has 0 aromatic carbocycles. The summed E-state index contributed by atoms with van der Waals surface area (Å²) in [4.78, 5) is 0. The Hall–Kier alpha value is 0.124. The van der Waals surface area contributed by atoms with Crippen LogP contribution >= 0.6 is 24.8 Å². The number of hydrogen-bond acceptors (Lipinski definition) is 0. The van der Waals surface area contributed by atoms with Gasteiger partial charge in [-0.1, -0.05) is 39.5 Å². The van der Waals surface area contributed by atoms with Crippen LogP contribution in [-0.2, 0) is 18.6 Å². The van der Waals surface area contributed by atoms with Gasteiger partial charge in [-0.25, -0.2) is 23.3 Å². The minimum Gasteiger partial charge on any atom is -0.269 e. The first-order chi connectivity index (χ1) is 7.61. The van der Waals surface area contributed by atoms with Crippen LogP contribution in [0.4, 0.5) is 0 Å². The van der Waals surface area contributed by atoms with E-state index in [-0.39, 0.29) is 43.4 Å². The van der Waals surface area contributed by atoms with Crippen molar-refractivity contribution >= 4 is 24.8 Å². The van der Waals surface area contributed by atoms with Crippen LogP contribution in [0.15, 0.2) is 35.5 Å². The minimum atomic E-state index is 0. The summed E-state index contributed by atoms with van der Waals surface area (Å²) in [6, 6.07) is 0. The molecule has 0 bridgehead atoms. The Balaban J connectivity index is -0.000000233. The number of hydrogen-bond donors (Lipinski definition) is 0. The van der Waals surface area contributed by atoms with E-state index < -0.39 is 0 Å². The normalized spacial score (nSPS) is 14.8. The zero-order chi connectivity index (χ0) is 12.0. The van der Waals surface area contributed by atoms with Gasteiger partial charge < -0.3 is 0 Å². The van der Waals surface area contributed by atoms with Gasteiger partial charge in [0.15, 0.2) is 0 Å². The molecule has 0 unspecified atom stereocenters.